The van der Waals surface area contributed by atoms with Gasteiger partial charge in [-0.3, -0.25) is 14.4 Å². The van der Waals surface area contributed by atoms with Crippen LogP contribution in [0.5, 0.6) is 0 Å². The fourth-order valence-corrected chi connectivity index (χ4v) is 9.34. The molecule has 0 radical (unpaired) electrons. The van der Waals surface area contributed by atoms with Crippen molar-refractivity contribution in [3.8, 4) is 10.7 Å². The lowest BCUT2D eigenvalue weighted by atomic mass is 9.73. The Kier molecular flexibility index (Phi) is 13.6. The van der Waals surface area contributed by atoms with Crippen LogP contribution in [-0.2, 0) is 45.1 Å². The van der Waals surface area contributed by atoms with Crippen LogP contribution in [0, 0.1) is 23.7 Å². The van der Waals surface area contributed by atoms with Gasteiger partial charge in [-0.2, -0.15) is 4.80 Å². The van der Waals surface area contributed by atoms with E-state index in [0.717, 1.165) is 9.75 Å². The van der Waals surface area contributed by atoms with E-state index < -0.39 is 83.4 Å². The van der Waals surface area contributed by atoms with Gasteiger partial charge in [-0.1, -0.05) is 33.8 Å². The zero-order valence-corrected chi connectivity index (χ0v) is 35.1. The summed E-state index contributed by atoms with van der Waals surface area (Å²) >= 11 is 1.47. The zero-order chi connectivity index (χ0) is 41.3. The van der Waals surface area contributed by atoms with Gasteiger partial charge >= 0.3 is 12.1 Å². The lowest BCUT2D eigenvalue weighted by molar-refractivity contribution is -0.296. The molecule has 0 unspecified atom stereocenters. The van der Waals surface area contributed by atoms with Gasteiger partial charge in [0.1, 0.15) is 23.9 Å². The van der Waals surface area contributed by atoms with Crippen molar-refractivity contribution in [1.29, 1.82) is 0 Å². The minimum Gasteiger partial charge on any atom is -0.458 e. The van der Waals surface area contributed by atoms with Gasteiger partial charge in [0.05, 0.1) is 42.4 Å². The van der Waals surface area contributed by atoms with Gasteiger partial charge in [0, 0.05) is 28.7 Å². The van der Waals surface area contributed by atoms with E-state index in [0.29, 0.717) is 12.2 Å². The highest BCUT2D eigenvalue weighted by molar-refractivity contribution is 7.16. The molecule has 2 aromatic heterocycles. The van der Waals surface area contributed by atoms with Crippen LogP contribution in [0.2, 0.25) is 0 Å². The van der Waals surface area contributed by atoms with Crippen LogP contribution >= 0.6 is 11.3 Å². The molecule has 16 nitrogen and oxygen atoms in total. The van der Waals surface area contributed by atoms with Gasteiger partial charge in [-0.15, -0.1) is 21.5 Å². The molecule has 0 aromatic carbocycles. The van der Waals surface area contributed by atoms with Crippen LogP contribution in [-0.4, -0.2) is 129 Å². The first kappa shape index (κ1) is 43.5. The number of alkyl carbamates (subject to hydrolysis) is 1. The number of aliphatic hydroxyl groups is 1. The second-order valence-corrected chi connectivity index (χ2v) is 17.3. The van der Waals surface area contributed by atoms with E-state index in [1.165, 1.54) is 23.1 Å². The molecule has 5 heterocycles. The number of carbonyl (C=O) groups excluding carboxylic acids is 4. The number of likely N-dealkylation sites (N-methyl/N-ethyl adjacent to an activating group) is 1. The molecule has 2 N–H and O–H groups in total. The number of hydrogen-bond donors (Lipinski definition) is 2. The fraction of sp³-hybridized carbons (Fsp3) is 0.718. The molecule has 0 saturated carbocycles. The van der Waals surface area contributed by atoms with Gasteiger partial charge in [-0.05, 0) is 84.5 Å². The van der Waals surface area contributed by atoms with Crippen molar-refractivity contribution in [2.24, 2.45) is 30.7 Å². The number of ketones is 2. The number of amides is 1. The van der Waals surface area contributed by atoms with Gasteiger partial charge in [0.15, 0.2) is 17.7 Å². The van der Waals surface area contributed by atoms with Crippen molar-refractivity contribution in [2.45, 2.75) is 129 Å². The topological polar surface area (TPSA) is 194 Å². The van der Waals surface area contributed by atoms with E-state index in [1.54, 1.807) is 48.6 Å². The number of aliphatic hydroxyl groups excluding tert-OH is 1. The number of aryl methyl sites for hydroxylation is 1. The van der Waals surface area contributed by atoms with Crippen LogP contribution in [0.4, 0.5) is 4.79 Å². The monoisotopic (exact) mass is 802 g/mol. The SMILES string of the molecule is CC[C@H]1OC(=O)[C@H](C)C(=O)[C@H](C)[C@@H](O[C@@H]2O[C@H](C)C[C@H](N(C)C)[C@H]2O)[C@@](C)(OCC=Cc2ccc(-c3nnn(C)n3)s2)C[C@@H](C)C(=O)[C@H](C)[C@H]2NC(=O)O[C@@]21C. The van der Waals surface area contributed by atoms with Crippen molar-refractivity contribution in [1.82, 2.24) is 30.4 Å². The molecule has 0 bridgehead atoms. The first-order chi connectivity index (χ1) is 26.3. The number of thiophene rings is 1. The minimum atomic E-state index is -1.38. The van der Waals surface area contributed by atoms with Gasteiger partial charge in [-0.25, -0.2) is 4.79 Å². The normalized spacial score (nSPS) is 37.6. The summed E-state index contributed by atoms with van der Waals surface area (Å²) < 4.78 is 31.4. The molecular formula is C39H58N6O10S. The Hall–Kier alpha value is -3.61. The second-order valence-electron chi connectivity index (χ2n) is 16.2. The number of Topliss-reactive ketones (excluding diaryl/α,β-unsaturated/α-hetero) is 2. The maximum atomic E-state index is 14.4. The molecular weight excluding hydrogens is 745 g/mol. The predicted molar refractivity (Wildman–Crippen MR) is 206 cm³/mol. The third kappa shape index (κ3) is 9.07. The molecule has 5 rings (SSSR count). The summed E-state index contributed by atoms with van der Waals surface area (Å²) in [5, 5.41) is 26.6. The van der Waals surface area contributed by atoms with Crippen molar-refractivity contribution < 1.29 is 48.0 Å². The van der Waals surface area contributed by atoms with Crippen LogP contribution in [0.3, 0.4) is 0 Å². The molecule has 310 valence electrons. The largest absolute Gasteiger partial charge is 0.458 e. The number of fused-ring (bicyclic) bond motifs is 1. The maximum absolute atomic E-state index is 14.4. The first-order valence-corrected chi connectivity index (χ1v) is 20.2. The van der Waals surface area contributed by atoms with Crippen LogP contribution in [0.25, 0.3) is 16.8 Å². The highest BCUT2D eigenvalue weighted by Gasteiger charge is 2.57. The van der Waals surface area contributed by atoms with Gasteiger partial charge in [0.2, 0.25) is 5.82 Å². The van der Waals surface area contributed by atoms with Crippen molar-refractivity contribution in [3.05, 3.63) is 23.1 Å². The quantitative estimate of drug-likeness (QED) is 0.275. The Morgan fingerprint density at radius 3 is 2.45 bits per heavy atom. The third-order valence-electron chi connectivity index (χ3n) is 11.6. The number of aromatic nitrogens is 4. The van der Waals surface area contributed by atoms with Crippen LogP contribution in [0.15, 0.2) is 18.2 Å². The van der Waals surface area contributed by atoms with E-state index in [2.05, 4.69) is 20.7 Å². The summed E-state index contributed by atoms with van der Waals surface area (Å²) in [6, 6.07) is 2.69. The fourth-order valence-electron chi connectivity index (χ4n) is 8.47. The predicted octanol–water partition coefficient (Wildman–Crippen LogP) is 3.81. The lowest BCUT2D eigenvalue weighted by Gasteiger charge is -2.47. The van der Waals surface area contributed by atoms with Gasteiger partial charge in [0.25, 0.3) is 0 Å². The molecule has 3 saturated heterocycles. The number of esters is 1. The molecule has 17 heteroatoms. The maximum Gasteiger partial charge on any atom is 0.408 e. The summed E-state index contributed by atoms with van der Waals surface area (Å²) in [6.07, 6.45) is -0.717. The Morgan fingerprint density at radius 1 is 1.09 bits per heavy atom. The molecule has 2 aromatic rings. The van der Waals surface area contributed by atoms with Crippen LogP contribution in [0.1, 0.15) is 79.5 Å². The van der Waals surface area contributed by atoms with E-state index in [4.69, 9.17) is 23.7 Å². The highest BCUT2D eigenvalue weighted by atomic mass is 32.1. The molecule has 1 amide bonds. The molecule has 0 aliphatic carbocycles. The third-order valence-corrected chi connectivity index (χ3v) is 12.7. The number of nitrogens with one attached hydrogen (secondary N) is 1. The molecule has 3 fully saturated rings. The molecule has 56 heavy (non-hydrogen) atoms. The average Bonchev–Trinajstić information content (AvgIpc) is 3.88. The summed E-state index contributed by atoms with van der Waals surface area (Å²) in [6.45, 7) is 13.8. The van der Waals surface area contributed by atoms with E-state index in [1.807, 2.05) is 50.2 Å². The molecule has 13 atom stereocenters. The first-order valence-electron chi connectivity index (χ1n) is 19.4. The Balaban J connectivity index is 1.53. The number of hydrogen-bond acceptors (Lipinski definition) is 15. The number of rotatable bonds is 9. The average molecular weight is 803 g/mol. The Bertz CT molecular complexity index is 1770. The van der Waals surface area contributed by atoms with E-state index >= 15 is 0 Å². The van der Waals surface area contributed by atoms with Gasteiger partial charge < -0.3 is 39.0 Å². The summed E-state index contributed by atoms with van der Waals surface area (Å²) in [5.74, 6) is -4.66. The minimum absolute atomic E-state index is 0.0511. The number of carbonyl (C=O) groups is 4. The second kappa shape index (κ2) is 17.5. The smallest absolute Gasteiger partial charge is 0.408 e. The van der Waals surface area contributed by atoms with E-state index in [9.17, 15) is 24.3 Å². The molecule has 3 aliphatic heterocycles. The Labute approximate surface area is 332 Å². The summed E-state index contributed by atoms with van der Waals surface area (Å²) in [5.41, 5.74) is -2.75. The molecule has 0 spiro atoms. The van der Waals surface area contributed by atoms with Crippen molar-refractivity contribution in [2.75, 3.05) is 20.7 Å². The highest BCUT2D eigenvalue weighted by Crippen LogP contribution is 2.40. The lowest BCUT2D eigenvalue weighted by Crippen LogP contribution is -2.60. The number of ether oxygens (including phenoxy) is 5. The summed E-state index contributed by atoms with van der Waals surface area (Å²) in [7, 11) is 5.43. The van der Waals surface area contributed by atoms with Crippen LogP contribution < -0.4 is 5.32 Å². The van der Waals surface area contributed by atoms with Crippen molar-refractivity contribution in [3.63, 3.8) is 0 Å². The zero-order valence-electron chi connectivity index (χ0n) is 34.3. The standard InChI is InChI=1S/C39H58N6O10S/c1-12-28-39(8)32(40-37(50)55-39)22(4)29(46)20(2)19-38(7,51-17-13-14-25-15-16-27(56-25)34-41-43-45(11)42-34)33(23(5)30(47)24(6)35(49)53-28)54-36-31(48)26(44(9)10)18-21(3)52-36/h13-16,20-24,26,28,31-33,36,48H,12,17-19H2,1-11H3,(H,40,50)/t20-,21-,22+,23+,24-,26+,28-,31-,32-,33-,36+,38+,39-/m1/s1. The molecule has 3 aliphatic rings. The number of tetrazole rings is 1. The summed E-state index contributed by atoms with van der Waals surface area (Å²) in [4.78, 5) is 60.4. The Morgan fingerprint density at radius 2 is 1.80 bits per heavy atom. The number of nitrogens with zero attached hydrogens (tertiary/aromatic N) is 5. The van der Waals surface area contributed by atoms with E-state index in [-0.39, 0.29) is 37.4 Å². The van der Waals surface area contributed by atoms with Crippen molar-refractivity contribution >= 4 is 41.0 Å². The number of cyclic esters (lactones) is 1.